The fourth-order valence-electron chi connectivity index (χ4n) is 2.56. The molecule has 0 bridgehead atoms. The maximum atomic E-state index is 14.0. The quantitative estimate of drug-likeness (QED) is 0.945. The summed E-state index contributed by atoms with van der Waals surface area (Å²) < 4.78 is 14.0. The Kier molecular flexibility index (Phi) is 3.25. The SMILES string of the molecule is Cc1nnc(NC(=O)C2(c3ccccc3F)CCC2)s1. The summed E-state index contributed by atoms with van der Waals surface area (Å²) in [6.07, 6.45) is 2.26. The van der Waals surface area contributed by atoms with Crippen molar-refractivity contribution in [3.8, 4) is 0 Å². The summed E-state index contributed by atoms with van der Waals surface area (Å²) in [5, 5.41) is 11.8. The Morgan fingerprint density at radius 1 is 1.35 bits per heavy atom. The van der Waals surface area contributed by atoms with Gasteiger partial charge in [0, 0.05) is 5.56 Å². The summed E-state index contributed by atoms with van der Waals surface area (Å²) in [4.78, 5) is 12.5. The van der Waals surface area contributed by atoms with Crippen LogP contribution in [0, 0.1) is 12.7 Å². The predicted octanol–water partition coefficient (Wildman–Crippen LogP) is 3.05. The summed E-state index contributed by atoms with van der Waals surface area (Å²) in [6, 6.07) is 6.50. The minimum atomic E-state index is -0.759. The van der Waals surface area contributed by atoms with Crippen molar-refractivity contribution < 1.29 is 9.18 Å². The molecule has 104 valence electrons. The van der Waals surface area contributed by atoms with Crippen molar-refractivity contribution in [1.29, 1.82) is 0 Å². The Hall–Kier alpha value is -1.82. The highest BCUT2D eigenvalue weighted by atomic mass is 32.1. The highest BCUT2D eigenvalue weighted by Gasteiger charge is 2.47. The van der Waals surface area contributed by atoms with Crippen LogP contribution < -0.4 is 5.32 Å². The molecule has 1 amide bonds. The van der Waals surface area contributed by atoms with Gasteiger partial charge >= 0.3 is 0 Å². The third kappa shape index (κ3) is 2.10. The van der Waals surface area contributed by atoms with E-state index < -0.39 is 5.41 Å². The summed E-state index contributed by atoms with van der Waals surface area (Å²) in [5.41, 5.74) is -0.282. The van der Waals surface area contributed by atoms with Gasteiger partial charge in [0.2, 0.25) is 11.0 Å². The van der Waals surface area contributed by atoms with Gasteiger partial charge in [0.15, 0.2) is 0 Å². The van der Waals surface area contributed by atoms with Crippen LogP contribution in [0.5, 0.6) is 0 Å². The summed E-state index contributed by atoms with van der Waals surface area (Å²) in [7, 11) is 0. The first-order chi connectivity index (χ1) is 9.62. The number of hydrogen-bond donors (Lipinski definition) is 1. The van der Waals surface area contributed by atoms with E-state index >= 15 is 0 Å². The highest BCUT2D eigenvalue weighted by Crippen LogP contribution is 2.45. The lowest BCUT2D eigenvalue weighted by atomic mass is 9.63. The van der Waals surface area contributed by atoms with Gasteiger partial charge in [-0.1, -0.05) is 36.0 Å². The van der Waals surface area contributed by atoms with Crippen molar-refractivity contribution in [1.82, 2.24) is 10.2 Å². The number of rotatable bonds is 3. The van der Waals surface area contributed by atoms with Gasteiger partial charge in [-0.3, -0.25) is 10.1 Å². The van der Waals surface area contributed by atoms with Crippen LogP contribution in [0.4, 0.5) is 9.52 Å². The first-order valence-electron chi connectivity index (χ1n) is 6.48. The van der Waals surface area contributed by atoms with Gasteiger partial charge in [-0.05, 0) is 25.8 Å². The lowest BCUT2D eigenvalue weighted by Gasteiger charge is -2.40. The van der Waals surface area contributed by atoms with Gasteiger partial charge in [-0.15, -0.1) is 10.2 Å². The molecule has 1 aliphatic carbocycles. The fourth-order valence-corrected chi connectivity index (χ4v) is 3.15. The molecule has 0 radical (unpaired) electrons. The Morgan fingerprint density at radius 2 is 2.10 bits per heavy atom. The van der Waals surface area contributed by atoms with Crippen molar-refractivity contribution >= 4 is 22.4 Å². The molecule has 1 heterocycles. The molecule has 2 aromatic rings. The summed E-state index contributed by atoms with van der Waals surface area (Å²) >= 11 is 1.32. The zero-order valence-electron chi connectivity index (χ0n) is 11.0. The molecule has 3 rings (SSSR count). The Labute approximate surface area is 120 Å². The maximum Gasteiger partial charge on any atom is 0.236 e. The van der Waals surface area contributed by atoms with E-state index in [0.717, 1.165) is 11.4 Å². The molecule has 0 unspecified atom stereocenters. The number of anilines is 1. The molecule has 0 aliphatic heterocycles. The van der Waals surface area contributed by atoms with Crippen LogP contribution in [-0.4, -0.2) is 16.1 Å². The molecule has 1 saturated carbocycles. The van der Waals surface area contributed by atoms with Gasteiger partial charge in [0.05, 0.1) is 5.41 Å². The zero-order chi connectivity index (χ0) is 14.2. The van der Waals surface area contributed by atoms with Gasteiger partial charge in [0.1, 0.15) is 10.8 Å². The first kappa shape index (κ1) is 13.2. The van der Waals surface area contributed by atoms with Crippen molar-refractivity contribution in [2.75, 3.05) is 5.32 Å². The average Bonchev–Trinajstić information content (AvgIpc) is 2.76. The van der Waals surface area contributed by atoms with Crippen LogP contribution >= 0.6 is 11.3 Å². The van der Waals surface area contributed by atoms with Crippen LogP contribution in [0.1, 0.15) is 29.8 Å². The molecular formula is C14H14FN3OS. The van der Waals surface area contributed by atoms with E-state index in [1.165, 1.54) is 17.4 Å². The number of benzene rings is 1. The standard InChI is InChI=1S/C14H14FN3OS/c1-9-17-18-13(20-9)16-12(19)14(7-4-8-14)10-5-2-3-6-11(10)15/h2-3,5-6H,4,7-8H2,1H3,(H,16,18,19). The van der Waals surface area contributed by atoms with E-state index in [4.69, 9.17) is 0 Å². The Bertz CT molecular complexity index is 651. The Balaban J connectivity index is 1.89. The second-order valence-corrected chi connectivity index (χ2v) is 6.18. The van der Waals surface area contributed by atoms with E-state index in [1.807, 2.05) is 6.92 Å². The fraction of sp³-hybridized carbons (Fsp3) is 0.357. The summed E-state index contributed by atoms with van der Waals surface area (Å²) in [5.74, 6) is -0.513. The van der Waals surface area contributed by atoms with E-state index in [-0.39, 0.29) is 11.7 Å². The highest BCUT2D eigenvalue weighted by molar-refractivity contribution is 7.15. The zero-order valence-corrected chi connectivity index (χ0v) is 11.8. The number of aromatic nitrogens is 2. The number of halogens is 1. The molecule has 1 aromatic heterocycles. The number of carbonyl (C=O) groups is 1. The van der Waals surface area contributed by atoms with Crippen molar-refractivity contribution in [3.05, 3.63) is 40.7 Å². The van der Waals surface area contributed by atoms with E-state index in [0.29, 0.717) is 23.5 Å². The molecular weight excluding hydrogens is 277 g/mol. The molecule has 1 aromatic carbocycles. The normalized spacial score (nSPS) is 16.5. The smallest absolute Gasteiger partial charge is 0.236 e. The van der Waals surface area contributed by atoms with Gasteiger partial charge < -0.3 is 0 Å². The first-order valence-corrected chi connectivity index (χ1v) is 7.30. The molecule has 20 heavy (non-hydrogen) atoms. The molecule has 0 spiro atoms. The van der Waals surface area contributed by atoms with Crippen molar-refractivity contribution in [2.45, 2.75) is 31.6 Å². The predicted molar refractivity (Wildman–Crippen MR) is 75.2 cm³/mol. The number of hydrogen-bond acceptors (Lipinski definition) is 4. The third-order valence-corrected chi connectivity index (χ3v) is 4.53. The van der Waals surface area contributed by atoms with Crippen LogP contribution in [-0.2, 0) is 10.2 Å². The second-order valence-electron chi connectivity index (χ2n) is 5.00. The number of nitrogens with zero attached hydrogens (tertiary/aromatic N) is 2. The van der Waals surface area contributed by atoms with E-state index in [2.05, 4.69) is 15.5 Å². The van der Waals surface area contributed by atoms with Crippen molar-refractivity contribution in [2.24, 2.45) is 0 Å². The van der Waals surface area contributed by atoms with E-state index in [9.17, 15) is 9.18 Å². The van der Waals surface area contributed by atoms with Crippen LogP contribution in [0.2, 0.25) is 0 Å². The lowest BCUT2D eigenvalue weighted by molar-refractivity contribution is -0.124. The maximum absolute atomic E-state index is 14.0. The summed E-state index contributed by atoms with van der Waals surface area (Å²) in [6.45, 7) is 1.82. The lowest BCUT2D eigenvalue weighted by Crippen LogP contribution is -2.46. The molecule has 1 aliphatic rings. The largest absolute Gasteiger partial charge is 0.300 e. The molecule has 1 N–H and O–H groups in total. The number of nitrogens with one attached hydrogen (secondary N) is 1. The third-order valence-electron chi connectivity index (χ3n) is 3.78. The minimum absolute atomic E-state index is 0.190. The van der Waals surface area contributed by atoms with E-state index in [1.54, 1.807) is 18.2 Å². The van der Waals surface area contributed by atoms with Gasteiger partial charge in [-0.2, -0.15) is 0 Å². The van der Waals surface area contributed by atoms with Crippen LogP contribution in [0.25, 0.3) is 0 Å². The molecule has 0 saturated heterocycles. The molecule has 4 nitrogen and oxygen atoms in total. The number of aryl methyl sites for hydroxylation is 1. The van der Waals surface area contributed by atoms with Gasteiger partial charge in [0.25, 0.3) is 0 Å². The van der Waals surface area contributed by atoms with Crippen LogP contribution in [0.15, 0.2) is 24.3 Å². The average molecular weight is 291 g/mol. The van der Waals surface area contributed by atoms with Crippen molar-refractivity contribution in [3.63, 3.8) is 0 Å². The minimum Gasteiger partial charge on any atom is -0.300 e. The van der Waals surface area contributed by atoms with Crippen LogP contribution in [0.3, 0.4) is 0 Å². The number of carbonyl (C=O) groups excluding carboxylic acids is 1. The molecule has 0 atom stereocenters. The topological polar surface area (TPSA) is 54.9 Å². The monoisotopic (exact) mass is 291 g/mol. The second kappa shape index (κ2) is 4.94. The Morgan fingerprint density at radius 3 is 2.65 bits per heavy atom. The number of amides is 1. The molecule has 1 fully saturated rings. The van der Waals surface area contributed by atoms with Gasteiger partial charge in [-0.25, -0.2) is 4.39 Å². The molecule has 6 heteroatoms.